The van der Waals surface area contributed by atoms with Crippen molar-refractivity contribution < 1.29 is 9.59 Å². The molecule has 0 heterocycles. The fraction of sp³-hybridized carbons (Fsp3) is 0.889. The van der Waals surface area contributed by atoms with Gasteiger partial charge in [0.25, 0.3) is 0 Å². The number of hydrogen-bond donors (Lipinski definition) is 0. The van der Waals surface area contributed by atoms with Crippen molar-refractivity contribution in [3.05, 3.63) is 0 Å². The van der Waals surface area contributed by atoms with E-state index in [1.165, 1.54) is 0 Å². The van der Waals surface area contributed by atoms with Crippen LogP contribution in [-0.2, 0) is 9.59 Å². The summed E-state index contributed by atoms with van der Waals surface area (Å²) < 4.78 is 0. The van der Waals surface area contributed by atoms with Crippen LogP contribution in [0.1, 0.15) is 105 Å². The van der Waals surface area contributed by atoms with E-state index < -0.39 is 0 Å². The van der Waals surface area contributed by atoms with Gasteiger partial charge >= 0.3 is 0 Å². The normalized spacial score (nSPS) is 9.80. The van der Waals surface area contributed by atoms with Crippen molar-refractivity contribution in [2.75, 3.05) is 0 Å². The largest absolute Gasteiger partial charge is 0.300 e. The molecule has 0 saturated carbocycles. The minimum Gasteiger partial charge on any atom is -0.300 e. The Kier molecular flexibility index (Phi) is 19.8. The van der Waals surface area contributed by atoms with Gasteiger partial charge in [0, 0.05) is 25.7 Å². The quantitative estimate of drug-likeness (QED) is 0.449. The average Bonchev–Trinajstić information content (AvgIpc) is 2.47. The summed E-state index contributed by atoms with van der Waals surface area (Å²) >= 11 is 0. The summed E-state index contributed by atoms with van der Waals surface area (Å²) in [6.07, 6.45) is 12.0. The molecule has 0 aromatic rings. The zero-order chi connectivity index (χ0) is 15.6. The molecule has 0 aliphatic heterocycles. The molecule has 120 valence electrons. The fourth-order valence-electron chi connectivity index (χ4n) is 1.75. The van der Waals surface area contributed by atoms with Crippen LogP contribution < -0.4 is 0 Å². The lowest BCUT2D eigenvalue weighted by Gasteiger charge is -1.96. The predicted molar refractivity (Wildman–Crippen MR) is 88.1 cm³/mol. The molecular weight excluding hydrogens is 248 g/mol. The van der Waals surface area contributed by atoms with Crippen molar-refractivity contribution in [2.45, 2.75) is 105 Å². The maximum atomic E-state index is 11.0. The van der Waals surface area contributed by atoms with Gasteiger partial charge in [-0.2, -0.15) is 0 Å². The lowest BCUT2D eigenvalue weighted by atomic mass is 10.1. The molecule has 0 spiro atoms. The number of rotatable bonds is 12. The van der Waals surface area contributed by atoms with Gasteiger partial charge in [-0.25, -0.2) is 0 Å². The van der Waals surface area contributed by atoms with E-state index in [4.69, 9.17) is 0 Å². The Morgan fingerprint density at radius 3 is 0.850 bits per heavy atom. The highest BCUT2D eigenvalue weighted by Gasteiger charge is 1.98. The minimum absolute atomic E-state index is 0.448. The van der Waals surface area contributed by atoms with E-state index >= 15 is 0 Å². The van der Waals surface area contributed by atoms with Gasteiger partial charge in [0.15, 0.2) is 0 Å². The highest BCUT2D eigenvalue weighted by Crippen LogP contribution is 2.03. The summed E-state index contributed by atoms with van der Waals surface area (Å²) in [6.45, 7) is 8.47. The Labute approximate surface area is 126 Å². The second-order valence-corrected chi connectivity index (χ2v) is 5.49. The van der Waals surface area contributed by atoms with Gasteiger partial charge < -0.3 is 0 Å². The smallest absolute Gasteiger partial charge is 0.132 e. The van der Waals surface area contributed by atoms with Crippen LogP contribution in [-0.4, -0.2) is 11.6 Å². The van der Waals surface area contributed by atoms with E-state index in [1.807, 2.05) is 0 Å². The topological polar surface area (TPSA) is 34.1 Å². The van der Waals surface area contributed by atoms with Crippen LogP contribution >= 0.6 is 0 Å². The van der Waals surface area contributed by atoms with Crippen molar-refractivity contribution in [2.24, 2.45) is 0 Å². The molecule has 0 atom stereocenters. The third kappa shape index (κ3) is 19.7. The van der Waals surface area contributed by atoms with Gasteiger partial charge in [-0.3, -0.25) is 9.59 Å². The average molecular weight is 284 g/mol. The van der Waals surface area contributed by atoms with E-state index in [0.717, 1.165) is 77.0 Å². The van der Waals surface area contributed by atoms with Gasteiger partial charge in [-0.1, -0.05) is 53.4 Å². The second-order valence-electron chi connectivity index (χ2n) is 5.49. The van der Waals surface area contributed by atoms with Crippen molar-refractivity contribution in [1.29, 1.82) is 0 Å². The third-order valence-electron chi connectivity index (χ3n) is 3.24. The van der Waals surface area contributed by atoms with Gasteiger partial charge in [-0.05, 0) is 25.7 Å². The number of carbonyl (C=O) groups excluding carboxylic acids is 2. The van der Waals surface area contributed by atoms with Crippen molar-refractivity contribution in [1.82, 2.24) is 0 Å². The molecule has 0 aliphatic rings. The molecule has 0 bridgehead atoms. The lowest BCUT2D eigenvalue weighted by Crippen LogP contribution is -1.96. The minimum atomic E-state index is 0.448. The number of hydrogen-bond acceptors (Lipinski definition) is 2. The van der Waals surface area contributed by atoms with Crippen LogP contribution in [0.5, 0.6) is 0 Å². The molecule has 0 rings (SSSR count). The first-order valence-corrected chi connectivity index (χ1v) is 8.65. The zero-order valence-corrected chi connectivity index (χ0v) is 14.3. The number of Topliss-reactive ketones (excluding diaryl/α,β-unsaturated/α-hetero) is 2. The van der Waals surface area contributed by atoms with Crippen LogP contribution in [0.15, 0.2) is 0 Å². The standard InChI is InChI=1S/2C9H18O/c2*1-3-5-7-9(10)8-6-4-2/h2*3-8H2,1-2H3. The maximum Gasteiger partial charge on any atom is 0.132 e. The Morgan fingerprint density at radius 1 is 0.500 bits per heavy atom. The highest BCUT2D eigenvalue weighted by atomic mass is 16.1. The molecule has 0 aliphatic carbocycles. The molecular formula is C18H36O2. The first kappa shape index (κ1) is 21.6. The summed E-state index contributed by atoms with van der Waals surface area (Å²) in [5.74, 6) is 0.896. The molecule has 0 fully saturated rings. The van der Waals surface area contributed by atoms with Crippen LogP contribution in [0, 0.1) is 0 Å². The third-order valence-corrected chi connectivity index (χ3v) is 3.24. The summed E-state index contributed by atoms with van der Waals surface area (Å²) in [5, 5.41) is 0. The molecule has 20 heavy (non-hydrogen) atoms. The summed E-state index contributed by atoms with van der Waals surface area (Å²) in [4.78, 5) is 21.9. The summed E-state index contributed by atoms with van der Waals surface area (Å²) in [5.41, 5.74) is 0. The van der Waals surface area contributed by atoms with E-state index in [-0.39, 0.29) is 0 Å². The summed E-state index contributed by atoms with van der Waals surface area (Å²) in [7, 11) is 0. The Balaban J connectivity index is 0. The van der Waals surface area contributed by atoms with Gasteiger partial charge in [0.2, 0.25) is 0 Å². The SMILES string of the molecule is CCCCC(=O)CCCC.CCCCC(=O)CCCC. The number of unbranched alkanes of at least 4 members (excludes halogenated alkanes) is 4. The van der Waals surface area contributed by atoms with Crippen molar-refractivity contribution >= 4 is 11.6 Å². The first-order valence-electron chi connectivity index (χ1n) is 8.65. The number of carbonyl (C=O) groups is 2. The van der Waals surface area contributed by atoms with Crippen molar-refractivity contribution in [3.8, 4) is 0 Å². The monoisotopic (exact) mass is 284 g/mol. The Morgan fingerprint density at radius 2 is 0.700 bits per heavy atom. The molecule has 0 aromatic carbocycles. The summed E-state index contributed by atoms with van der Waals surface area (Å²) in [6, 6.07) is 0. The van der Waals surface area contributed by atoms with Gasteiger partial charge in [-0.15, -0.1) is 0 Å². The van der Waals surface area contributed by atoms with E-state index in [0.29, 0.717) is 11.6 Å². The van der Waals surface area contributed by atoms with Crippen molar-refractivity contribution in [3.63, 3.8) is 0 Å². The number of ketones is 2. The van der Waals surface area contributed by atoms with Crippen LogP contribution in [0.3, 0.4) is 0 Å². The maximum absolute atomic E-state index is 11.0. The molecule has 2 nitrogen and oxygen atoms in total. The molecule has 0 aromatic heterocycles. The van der Waals surface area contributed by atoms with E-state index in [9.17, 15) is 9.59 Å². The zero-order valence-electron chi connectivity index (χ0n) is 14.3. The van der Waals surface area contributed by atoms with Crippen LogP contribution in [0.25, 0.3) is 0 Å². The molecule has 0 saturated heterocycles. The molecule has 0 unspecified atom stereocenters. The second kappa shape index (κ2) is 18.3. The van der Waals surface area contributed by atoms with Gasteiger partial charge in [0.05, 0.1) is 0 Å². The highest BCUT2D eigenvalue weighted by molar-refractivity contribution is 5.78. The molecule has 0 radical (unpaired) electrons. The van der Waals surface area contributed by atoms with Crippen LogP contribution in [0.2, 0.25) is 0 Å². The molecule has 0 N–H and O–H groups in total. The Hall–Kier alpha value is -0.660. The molecule has 0 amide bonds. The predicted octanol–water partition coefficient (Wildman–Crippen LogP) is 5.87. The fourth-order valence-corrected chi connectivity index (χ4v) is 1.75. The van der Waals surface area contributed by atoms with E-state index in [2.05, 4.69) is 27.7 Å². The van der Waals surface area contributed by atoms with Crippen LogP contribution in [0.4, 0.5) is 0 Å². The molecule has 2 heteroatoms. The lowest BCUT2D eigenvalue weighted by molar-refractivity contribution is -0.120. The first-order chi connectivity index (χ1) is 9.62. The van der Waals surface area contributed by atoms with E-state index in [1.54, 1.807) is 0 Å². The Bertz CT molecular complexity index is 177. The van der Waals surface area contributed by atoms with Gasteiger partial charge in [0.1, 0.15) is 11.6 Å².